The van der Waals surface area contributed by atoms with Crippen LogP contribution in [0.5, 0.6) is 0 Å². The highest BCUT2D eigenvalue weighted by Crippen LogP contribution is 2.25. The van der Waals surface area contributed by atoms with Gasteiger partial charge in [-0.3, -0.25) is 4.90 Å². The number of rotatable bonds is 5. The molecular formula is C18H30N2. The van der Waals surface area contributed by atoms with Crippen LogP contribution in [0.15, 0.2) is 24.3 Å². The van der Waals surface area contributed by atoms with Crippen LogP contribution >= 0.6 is 0 Å². The van der Waals surface area contributed by atoms with Gasteiger partial charge in [-0.1, -0.05) is 38.1 Å². The van der Waals surface area contributed by atoms with E-state index in [1.165, 1.54) is 30.5 Å². The van der Waals surface area contributed by atoms with Crippen LogP contribution in [0.1, 0.15) is 50.8 Å². The predicted octanol–water partition coefficient (Wildman–Crippen LogP) is 3.77. The highest BCUT2D eigenvalue weighted by molar-refractivity contribution is 5.29. The third-order valence-corrected chi connectivity index (χ3v) is 4.68. The zero-order valence-corrected chi connectivity index (χ0v) is 13.5. The Hall–Kier alpha value is -0.860. The lowest BCUT2D eigenvalue weighted by atomic mass is 9.93. The van der Waals surface area contributed by atoms with Gasteiger partial charge in [0.2, 0.25) is 0 Å². The number of nitrogens with one attached hydrogen (secondary N) is 1. The summed E-state index contributed by atoms with van der Waals surface area (Å²) in [6.07, 6.45) is 2.72. The van der Waals surface area contributed by atoms with Crippen LogP contribution < -0.4 is 5.32 Å². The number of hydrogen-bond acceptors (Lipinski definition) is 2. The van der Waals surface area contributed by atoms with Crippen LogP contribution in [0.4, 0.5) is 0 Å². The fourth-order valence-corrected chi connectivity index (χ4v) is 3.37. The third-order valence-electron chi connectivity index (χ3n) is 4.68. The lowest BCUT2D eigenvalue weighted by Gasteiger charge is -2.39. The summed E-state index contributed by atoms with van der Waals surface area (Å²) >= 11 is 0. The van der Waals surface area contributed by atoms with E-state index in [0.29, 0.717) is 6.04 Å². The maximum Gasteiger partial charge on any atom is 0.0451 e. The second kappa shape index (κ2) is 7.24. The molecule has 0 aromatic heterocycles. The monoisotopic (exact) mass is 274 g/mol. The number of nitrogens with zero attached hydrogens (tertiary/aromatic N) is 1. The van der Waals surface area contributed by atoms with E-state index in [2.05, 4.69) is 62.2 Å². The van der Waals surface area contributed by atoms with E-state index >= 15 is 0 Å². The molecule has 1 aliphatic heterocycles. The molecule has 0 aliphatic carbocycles. The van der Waals surface area contributed by atoms with E-state index in [1.54, 1.807) is 0 Å². The Labute approximate surface area is 124 Å². The molecule has 112 valence electrons. The number of aryl methyl sites for hydroxylation is 1. The molecule has 0 saturated carbocycles. The normalized spacial score (nSPS) is 25.6. The molecule has 0 bridgehead atoms. The predicted molar refractivity (Wildman–Crippen MR) is 87.0 cm³/mol. The molecule has 2 rings (SSSR count). The Morgan fingerprint density at radius 2 is 2.00 bits per heavy atom. The van der Waals surface area contributed by atoms with Gasteiger partial charge in [-0.15, -0.1) is 0 Å². The van der Waals surface area contributed by atoms with Crippen molar-refractivity contribution in [1.82, 2.24) is 10.2 Å². The second-order valence-corrected chi connectivity index (χ2v) is 6.45. The minimum absolute atomic E-state index is 0.453. The van der Waals surface area contributed by atoms with E-state index in [0.717, 1.165) is 25.0 Å². The van der Waals surface area contributed by atoms with E-state index in [1.807, 2.05) is 0 Å². The molecule has 0 spiro atoms. The highest BCUT2D eigenvalue weighted by atomic mass is 15.2. The molecule has 3 atom stereocenters. The average Bonchev–Trinajstić information content (AvgIpc) is 2.43. The first kappa shape index (κ1) is 15.5. The van der Waals surface area contributed by atoms with Gasteiger partial charge < -0.3 is 5.32 Å². The molecule has 20 heavy (non-hydrogen) atoms. The van der Waals surface area contributed by atoms with Crippen LogP contribution in [-0.2, 0) is 0 Å². The van der Waals surface area contributed by atoms with Crippen molar-refractivity contribution >= 4 is 0 Å². The summed E-state index contributed by atoms with van der Waals surface area (Å²) in [5.74, 6) is 0.838. The molecule has 1 aromatic carbocycles. The molecule has 1 saturated heterocycles. The zero-order valence-electron chi connectivity index (χ0n) is 13.5. The molecule has 2 heteroatoms. The largest absolute Gasteiger partial charge is 0.309 e. The van der Waals surface area contributed by atoms with E-state index < -0.39 is 0 Å². The first-order valence-corrected chi connectivity index (χ1v) is 8.14. The van der Waals surface area contributed by atoms with Gasteiger partial charge in [0, 0.05) is 25.2 Å². The standard InChI is InChI=1S/C18H30N2/c1-5-19-18(17-9-7-6-8-15(17)3)13-20-12-14(2)10-11-16(20)4/h6-9,14,16,18-19H,5,10-13H2,1-4H3. The Bertz CT molecular complexity index is 416. The van der Waals surface area contributed by atoms with Crippen LogP contribution in [0.25, 0.3) is 0 Å². The Morgan fingerprint density at radius 1 is 1.25 bits per heavy atom. The average molecular weight is 274 g/mol. The van der Waals surface area contributed by atoms with Gasteiger partial charge in [-0.05, 0) is 50.3 Å². The van der Waals surface area contributed by atoms with Gasteiger partial charge in [0.15, 0.2) is 0 Å². The summed E-state index contributed by atoms with van der Waals surface area (Å²) in [4.78, 5) is 2.67. The summed E-state index contributed by atoms with van der Waals surface area (Å²) in [5.41, 5.74) is 2.86. The summed E-state index contributed by atoms with van der Waals surface area (Å²) in [7, 11) is 0. The van der Waals surface area contributed by atoms with Crippen LogP contribution in [0.2, 0.25) is 0 Å². The second-order valence-electron chi connectivity index (χ2n) is 6.45. The smallest absolute Gasteiger partial charge is 0.0451 e. The number of piperidine rings is 1. The van der Waals surface area contributed by atoms with Crippen LogP contribution in [0, 0.1) is 12.8 Å². The van der Waals surface area contributed by atoms with Gasteiger partial charge >= 0.3 is 0 Å². The van der Waals surface area contributed by atoms with E-state index in [4.69, 9.17) is 0 Å². The van der Waals surface area contributed by atoms with Gasteiger partial charge in [-0.2, -0.15) is 0 Å². The molecule has 1 fully saturated rings. The first-order valence-electron chi connectivity index (χ1n) is 8.14. The van der Waals surface area contributed by atoms with Crippen molar-refractivity contribution in [3.8, 4) is 0 Å². The molecule has 1 aromatic rings. The van der Waals surface area contributed by atoms with Crippen molar-refractivity contribution < 1.29 is 0 Å². The lowest BCUT2D eigenvalue weighted by molar-refractivity contribution is 0.112. The Kier molecular flexibility index (Phi) is 5.62. The van der Waals surface area contributed by atoms with E-state index in [-0.39, 0.29) is 0 Å². The van der Waals surface area contributed by atoms with E-state index in [9.17, 15) is 0 Å². The maximum absolute atomic E-state index is 3.68. The molecular weight excluding hydrogens is 244 g/mol. The number of benzene rings is 1. The lowest BCUT2D eigenvalue weighted by Crippen LogP contribution is -2.45. The van der Waals surface area contributed by atoms with Crippen LogP contribution in [-0.4, -0.2) is 30.6 Å². The number of likely N-dealkylation sites (N-methyl/N-ethyl adjacent to an activating group) is 1. The molecule has 0 amide bonds. The first-order chi connectivity index (χ1) is 9.61. The van der Waals surface area contributed by atoms with Crippen molar-refractivity contribution in [2.45, 2.75) is 52.6 Å². The molecule has 1 N–H and O–H groups in total. The SMILES string of the molecule is CCNC(CN1CC(C)CCC1C)c1ccccc1C. The molecule has 0 radical (unpaired) electrons. The van der Waals surface area contributed by atoms with Crippen molar-refractivity contribution in [3.63, 3.8) is 0 Å². The highest BCUT2D eigenvalue weighted by Gasteiger charge is 2.25. The van der Waals surface area contributed by atoms with Crippen LogP contribution in [0.3, 0.4) is 0 Å². The van der Waals surface area contributed by atoms with Crippen molar-refractivity contribution in [3.05, 3.63) is 35.4 Å². The maximum atomic E-state index is 3.68. The zero-order chi connectivity index (χ0) is 14.5. The van der Waals surface area contributed by atoms with Crippen molar-refractivity contribution in [1.29, 1.82) is 0 Å². The van der Waals surface area contributed by atoms with Gasteiger partial charge in [0.25, 0.3) is 0 Å². The minimum Gasteiger partial charge on any atom is -0.309 e. The van der Waals surface area contributed by atoms with Crippen molar-refractivity contribution in [2.24, 2.45) is 5.92 Å². The summed E-state index contributed by atoms with van der Waals surface area (Å²) in [5, 5.41) is 3.68. The fraction of sp³-hybridized carbons (Fsp3) is 0.667. The summed E-state index contributed by atoms with van der Waals surface area (Å²) in [6, 6.07) is 9.97. The molecule has 2 nitrogen and oxygen atoms in total. The fourth-order valence-electron chi connectivity index (χ4n) is 3.37. The molecule has 1 heterocycles. The van der Waals surface area contributed by atoms with Gasteiger partial charge in [0.05, 0.1) is 0 Å². The van der Waals surface area contributed by atoms with Crippen molar-refractivity contribution in [2.75, 3.05) is 19.6 Å². The third kappa shape index (κ3) is 3.83. The Balaban J connectivity index is 2.11. The topological polar surface area (TPSA) is 15.3 Å². The summed E-state index contributed by atoms with van der Waals surface area (Å²) < 4.78 is 0. The number of hydrogen-bond donors (Lipinski definition) is 1. The summed E-state index contributed by atoms with van der Waals surface area (Å²) in [6.45, 7) is 12.6. The molecule has 1 aliphatic rings. The molecule has 3 unspecified atom stereocenters. The number of likely N-dealkylation sites (tertiary alicyclic amines) is 1. The Morgan fingerprint density at radius 3 is 2.70 bits per heavy atom. The van der Waals surface area contributed by atoms with Gasteiger partial charge in [0.1, 0.15) is 0 Å². The quantitative estimate of drug-likeness (QED) is 0.879. The van der Waals surface area contributed by atoms with Gasteiger partial charge in [-0.25, -0.2) is 0 Å². The minimum atomic E-state index is 0.453.